The van der Waals surface area contributed by atoms with E-state index in [1.807, 2.05) is 13.8 Å². The number of aromatic nitrogens is 3. The maximum absolute atomic E-state index is 12.4. The molecule has 0 radical (unpaired) electrons. The Morgan fingerprint density at radius 1 is 1.58 bits per heavy atom. The highest BCUT2D eigenvalue weighted by Gasteiger charge is 2.35. The number of hydrogen-bond acceptors (Lipinski definition) is 5. The van der Waals surface area contributed by atoms with Crippen LogP contribution in [0.25, 0.3) is 0 Å². The maximum Gasteiger partial charge on any atom is 0.229 e. The second-order valence-corrected chi connectivity index (χ2v) is 4.84. The van der Waals surface area contributed by atoms with E-state index in [4.69, 9.17) is 4.74 Å². The molecule has 2 N–H and O–H groups in total. The summed E-state index contributed by atoms with van der Waals surface area (Å²) >= 11 is 0. The molecule has 2 rings (SSSR count). The van der Waals surface area contributed by atoms with Crippen LogP contribution in [0.15, 0.2) is 0 Å². The molecule has 1 aromatic heterocycles. The first kappa shape index (κ1) is 14.0. The molecule has 1 aliphatic heterocycles. The summed E-state index contributed by atoms with van der Waals surface area (Å²) in [5.41, 5.74) is 0. The minimum Gasteiger partial charge on any atom is -0.379 e. The van der Waals surface area contributed by atoms with E-state index in [9.17, 15) is 4.79 Å². The first-order chi connectivity index (χ1) is 9.11. The zero-order valence-electron chi connectivity index (χ0n) is 11.6. The van der Waals surface area contributed by atoms with Crippen LogP contribution in [0.1, 0.15) is 18.6 Å². The molecule has 106 valence electrons. The summed E-state index contributed by atoms with van der Waals surface area (Å²) < 4.78 is 5.40. The van der Waals surface area contributed by atoms with Crippen molar-refractivity contribution in [1.82, 2.24) is 25.4 Å². The molecule has 7 heteroatoms. The van der Waals surface area contributed by atoms with E-state index in [2.05, 4.69) is 20.5 Å². The second-order valence-electron chi connectivity index (χ2n) is 4.84. The highest BCUT2D eigenvalue weighted by Crippen LogP contribution is 2.17. The van der Waals surface area contributed by atoms with Crippen molar-refractivity contribution in [2.24, 2.45) is 5.92 Å². The van der Waals surface area contributed by atoms with Crippen LogP contribution >= 0.6 is 0 Å². The van der Waals surface area contributed by atoms with E-state index in [-0.39, 0.29) is 17.9 Å². The fourth-order valence-corrected chi connectivity index (χ4v) is 2.29. The molecule has 1 aromatic rings. The predicted molar refractivity (Wildman–Crippen MR) is 69.4 cm³/mol. The number of nitrogens with one attached hydrogen (secondary N) is 2. The normalized spacial score (nSPS) is 22.7. The van der Waals surface area contributed by atoms with E-state index < -0.39 is 0 Å². The molecule has 1 fully saturated rings. The number of hydrogen-bond donors (Lipinski definition) is 2. The summed E-state index contributed by atoms with van der Waals surface area (Å²) in [6, 6.07) is 0.105. The SMILES string of the molecule is CCNC1COCC1C(=O)N(C)Cc1n[nH]c(C)n1. The number of aromatic amines is 1. The topological polar surface area (TPSA) is 83.1 Å². The third-order valence-corrected chi connectivity index (χ3v) is 3.26. The molecule has 0 bridgehead atoms. The van der Waals surface area contributed by atoms with Gasteiger partial charge in [0.15, 0.2) is 5.82 Å². The van der Waals surface area contributed by atoms with Crippen LogP contribution in [-0.4, -0.2) is 58.8 Å². The smallest absolute Gasteiger partial charge is 0.229 e. The highest BCUT2D eigenvalue weighted by molar-refractivity contribution is 5.79. The van der Waals surface area contributed by atoms with Gasteiger partial charge in [0.1, 0.15) is 5.82 Å². The first-order valence-electron chi connectivity index (χ1n) is 6.55. The van der Waals surface area contributed by atoms with Gasteiger partial charge in [-0.25, -0.2) is 4.98 Å². The van der Waals surface area contributed by atoms with Gasteiger partial charge < -0.3 is 15.0 Å². The lowest BCUT2D eigenvalue weighted by Crippen LogP contribution is -2.44. The predicted octanol–water partition coefficient (Wildman–Crippen LogP) is -0.304. The Bertz CT molecular complexity index is 434. The monoisotopic (exact) mass is 267 g/mol. The summed E-state index contributed by atoms with van der Waals surface area (Å²) in [6.07, 6.45) is 0. The lowest BCUT2D eigenvalue weighted by atomic mass is 10.0. The van der Waals surface area contributed by atoms with Crippen LogP contribution in [0.4, 0.5) is 0 Å². The van der Waals surface area contributed by atoms with Crippen molar-refractivity contribution in [3.63, 3.8) is 0 Å². The third kappa shape index (κ3) is 3.30. The molecule has 2 heterocycles. The highest BCUT2D eigenvalue weighted by atomic mass is 16.5. The Morgan fingerprint density at radius 3 is 3.00 bits per heavy atom. The van der Waals surface area contributed by atoms with Crippen molar-refractivity contribution >= 4 is 5.91 Å². The average molecular weight is 267 g/mol. The van der Waals surface area contributed by atoms with Crippen LogP contribution in [0, 0.1) is 12.8 Å². The molecule has 1 saturated heterocycles. The van der Waals surface area contributed by atoms with Crippen molar-refractivity contribution in [1.29, 1.82) is 0 Å². The summed E-state index contributed by atoms with van der Waals surface area (Å²) in [6.45, 7) is 6.19. The summed E-state index contributed by atoms with van der Waals surface area (Å²) in [4.78, 5) is 18.2. The number of likely N-dealkylation sites (N-methyl/N-ethyl adjacent to an activating group) is 1. The lowest BCUT2D eigenvalue weighted by molar-refractivity contribution is -0.135. The van der Waals surface area contributed by atoms with Crippen molar-refractivity contribution in [2.75, 3.05) is 26.8 Å². The van der Waals surface area contributed by atoms with E-state index in [1.165, 1.54) is 0 Å². The minimum absolute atomic E-state index is 0.0749. The summed E-state index contributed by atoms with van der Waals surface area (Å²) in [7, 11) is 1.77. The first-order valence-corrected chi connectivity index (χ1v) is 6.55. The molecule has 0 spiro atoms. The minimum atomic E-state index is -0.120. The van der Waals surface area contributed by atoms with Crippen molar-refractivity contribution < 1.29 is 9.53 Å². The number of nitrogens with zero attached hydrogens (tertiary/aromatic N) is 3. The number of aryl methyl sites for hydroxylation is 1. The Labute approximate surface area is 112 Å². The largest absolute Gasteiger partial charge is 0.379 e. The van der Waals surface area contributed by atoms with Gasteiger partial charge in [-0.05, 0) is 13.5 Å². The number of H-pyrrole nitrogens is 1. The van der Waals surface area contributed by atoms with Crippen molar-refractivity contribution in [3.05, 3.63) is 11.6 Å². The quantitative estimate of drug-likeness (QED) is 0.765. The van der Waals surface area contributed by atoms with Gasteiger partial charge in [0.2, 0.25) is 5.91 Å². The van der Waals surface area contributed by atoms with Gasteiger partial charge in [-0.2, -0.15) is 5.10 Å². The van der Waals surface area contributed by atoms with E-state index in [0.29, 0.717) is 25.6 Å². The summed E-state index contributed by atoms with van der Waals surface area (Å²) in [5, 5.41) is 10.1. The molecule has 0 aromatic carbocycles. The van der Waals surface area contributed by atoms with Crippen molar-refractivity contribution in [3.8, 4) is 0 Å². The Balaban J connectivity index is 1.94. The third-order valence-electron chi connectivity index (χ3n) is 3.26. The van der Waals surface area contributed by atoms with Crippen LogP contribution in [0.5, 0.6) is 0 Å². The fourth-order valence-electron chi connectivity index (χ4n) is 2.29. The number of amides is 1. The van der Waals surface area contributed by atoms with Gasteiger partial charge in [0.25, 0.3) is 0 Å². The Morgan fingerprint density at radius 2 is 2.37 bits per heavy atom. The maximum atomic E-state index is 12.4. The molecular weight excluding hydrogens is 246 g/mol. The van der Waals surface area contributed by atoms with Crippen molar-refractivity contribution in [2.45, 2.75) is 26.4 Å². The number of carbonyl (C=O) groups is 1. The Hall–Kier alpha value is -1.47. The molecule has 1 aliphatic rings. The molecular formula is C12H21N5O2. The summed E-state index contributed by atoms with van der Waals surface area (Å²) in [5.74, 6) is 1.34. The zero-order chi connectivity index (χ0) is 13.8. The van der Waals surface area contributed by atoms with Gasteiger partial charge in [-0.3, -0.25) is 9.89 Å². The Kier molecular flexibility index (Phi) is 4.49. The fraction of sp³-hybridized carbons (Fsp3) is 0.750. The number of rotatable bonds is 5. The van der Waals surface area contributed by atoms with E-state index >= 15 is 0 Å². The van der Waals surface area contributed by atoms with Gasteiger partial charge in [-0.1, -0.05) is 6.92 Å². The van der Waals surface area contributed by atoms with E-state index in [0.717, 1.165) is 12.4 Å². The van der Waals surface area contributed by atoms with Crippen LogP contribution in [-0.2, 0) is 16.1 Å². The van der Waals surface area contributed by atoms with Gasteiger partial charge in [-0.15, -0.1) is 0 Å². The van der Waals surface area contributed by atoms with Gasteiger partial charge >= 0.3 is 0 Å². The zero-order valence-corrected chi connectivity index (χ0v) is 11.6. The lowest BCUT2D eigenvalue weighted by Gasteiger charge is -2.23. The molecule has 0 aliphatic carbocycles. The standard InChI is InChI=1S/C12H21N5O2/c1-4-13-10-7-19-6-9(10)12(18)17(3)5-11-14-8(2)15-16-11/h9-10,13H,4-7H2,1-3H3,(H,14,15,16). The number of carbonyl (C=O) groups excluding carboxylic acids is 1. The molecule has 0 saturated carbocycles. The molecule has 2 atom stereocenters. The average Bonchev–Trinajstić information content (AvgIpc) is 2.98. The van der Waals surface area contributed by atoms with Gasteiger partial charge in [0, 0.05) is 13.1 Å². The van der Waals surface area contributed by atoms with E-state index in [1.54, 1.807) is 11.9 Å². The molecule has 19 heavy (non-hydrogen) atoms. The van der Waals surface area contributed by atoms with Crippen LogP contribution in [0.3, 0.4) is 0 Å². The molecule has 2 unspecified atom stereocenters. The number of ether oxygens (including phenoxy) is 1. The second kappa shape index (κ2) is 6.12. The molecule has 7 nitrogen and oxygen atoms in total. The van der Waals surface area contributed by atoms with Crippen LogP contribution < -0.4 is 5.32 Å². The van der Waals surface area contributed by atoms with Gasteiger partial charge in [0.05, 0.1) is 25.7 Å². The van der Waals surface area contributed by atoms with Crippen LogP contribution in [0.2, 0.25) is 0 Å². The molecule has 1 amide bonds.